The minimum absolute atomic E-state index is 0.0286. The van der Waals surface area contributed by atoms with Gasteiger partial charge in [-0.15, -0.1) is 0 Å². The van der Waals surface area contributed by atoms with Crippen molar-refractivity contribution in [2.45, 2.75) is 57.9 Å². The molecule has 5 rings (SSSR count). The van der Waals surface area contributed by atoms with Crippen molar-refractivity contribution >= 4 is 23.5 Å². The second-order valence-corrected chi connectivity index (χ2v) is 12.3. The lowest BCUT2D eigenvalue weighted by atomic mass is 10.0. The Bertz CT molecular complexity index is 1710. The fraction of sp³-hybridized carbons (Fsp3) is 0.400. The smallest absolute Gasteiger partial charge is 0.417 e. The van der Waals surface area contributed by atoms with Crippen molar-refractivity contribution in [1.82, 2.24) is 25.1 Å². The molecule has 2 fully saturated rings. The van der Waals surface area contributed by atoms with E-state index in [4.69, 9.17) is 9.72 Å². The maximum absolute atomic E-state index is 13.4. The number of alkyl halides is 3. The van der Waals surface area contributed by atoms with E-state index < -0.39 is 29.7 Å². The number of aromatic nitrogens is 2. The Morgan fingerprint density at radius 1 is 1.04 bits per heavy atom. The molecule has 3 aromatic rings. The third kappa shape index (κ3) is 7.84. The van der Waals surface area contributed by atoms with Crippen LogP contribution in [0.25, 0.3) is 0 Å². The number of nitrogens with zero attached hydrogens (tertiary/aromatic N) is 4. The number of carbonyl (C=O) groups is 3. The first-order chi connectivity index (χ1) is 22.8. The van der Waals surface area contributed by atoms with Crippen LogP contribution in [0.2, 0.25) is 0 Å². The van der Waals surface area contributed by atoms with Crippen molar-refractivity contribution in [3.63, 3.8) is 0 Å². The number of nitrogens with one attached hydrogen (secondary N) is 2. The number of hydrogen-bond acceptors (Lipinski definition) is 7. The van der Waals surface area contributed by atoms with Crippen molar-refractivity contribution < 1.29 is 32.3 Å². The largest absolute Gasteiger partial charge is 0.482 e. The summed E-state index contributed by atoms with van der Waals surface area (Å²) in [6.45, 7) is 10.8. The van der Waals surface area contributed by atoms with E-state index in [2.05, 4.69) is 33.2 Å². The summed E-state index contributed by atoms with van der Waals surface area (Å²) in [5.41, 5.74) is 1.74. The molecule has 2 aliphatic rings. The predicted molar refractivity (Wildman–Crippen MR) is 174 cm³/mol. The normalized spacial score (nSPS) is 17.4. The number of ether oxygens (including phenoxy) is 1. The second-order valence-electron chi connectivity index (χ2n) is 12.3. The quantitative estimate of drug-likeness (QED) is 0.278. The highest BCUT2D eigenvalue weighted by molar-refractivity contribution is 6.07. The van der Waals surface area contributed by atoms with Gasteiger partial charge in [-0.2, -0.15) is 13.2 Å². The minimum atomic E-state index is -4.57. The van der Waals surface area contributed by atoms with Gasteiger partial charge in [-0.25, -0.2) is 4.98 Å². The summed E-state index contributed by atoms with van der Waals surface area (Å²) in [4.78, 5) is 51.4. The molecule has 1 saturated heterocycles. The van der Waals surface area contributed by atoms with Gasteiger partial charge in [0.05, 0.1) is 16.8 Å². The van der Waals surface area contributed by atoms with Crippen molar-refractivity contribution in [3.05, 3.63) is 94.5 Å². The number of piperazine rings is 1. The average Bonchev–Trinajstić information content (AvgIpc) is 3.90. The standard InChI is InChI=1S/C35H39F3N6O4/c1-6-31(45)44-12-11-43(18-22(44)4)19-30(28-10-9-24(16-40-28)23-7-8-23)48-29-14-20(2)26(15-27(29)33(46)39-5)34(47)42-32-21(3)13-25(17-41-32)35(36,37)38/h6,9-10,13-17,22-23,30H,1,7-8,11-12,18-19H2,2-5H3,(H,39,46)(H,41,42,47)/t22-,30+/m1/s1. The van der Waals surface area contributed by atoms with Crippen LogP contribution < -0.4 is 15.4 Å². The van der Waals surface area contributed by atoms with E-state index >= 15 is 0 Å². The van der Waals surface area contributed by atoms with Gasteiger partial charge in [0.25, 0.3) is 11.8 Å². The molecule has 254 valence electrons. The third-order valence-corrected chi connectivity index (χ3v) is 8.73. The highest BCUT2D eigenvalue weighted by Crippen LogP contribution is 2.40. The van der Waals surface area contributed by atoms with E-state index in [0.29, 0.717) is 49.6 Å². The molecule has 0 radical (unpaired) electrons. The number of pyridine rings is 2. The Kier molecular flexibility index (Phi) is 10.2. The molecule has 2 N–H and O–H groups in total. The highest BCUT2D eigenvalue weighted by Gasteiger charge is 2.33. The van der Waals surface area contributed by atoms with E-state index in [1.54, 1.807) is 17.9 Å². The first kappa shape index (κ1) is 34.6. The maximum Gasteiger partial charge on any atom is 0.417 e. The van der Waals surface area contributed by atoms with Gasteiger partial charge < -0.3 is 20.3 Å². The molecular formula is C35H39F3N6O4. The predicted octanol–water partition coefficient (Wildman–Crippen LogP) is 5.44. The van der Waals surface area contributed by atoms with Gasteiger partial charge in [-0.1, -0.05) is 12.6 Å². The summed E-state index contributed by atoms with van der Waals surface area (Å²) in [5, 5.41) is 5.16. The monoisotopic (exact) mass is 664 g/mol. The fourth-order valence-corrected chi connectivity index (χ4v) is 5.86. The number of hydrogen-bond donors (Lipinski definition) is 2. The second kappa shape index (κ2) is 14.1. The van der Waals surface area contributed by atoms with E-state index in [0.717, 1.165) is 24.5 Å². The van der Waals surface area contributed by atoms with Crippen LogP contribution in [-0.2, 0) is 11.0 Å². The maximum atomic E-state index is 13.4. The van der Waals surface area contributed by atoms with Crippen LogP contribution in [0.15, 0.2) is 55.4 Å². The summed E-state index contributed by atoms with van der Waals surface area (Å²) in [6.07, 6.45) is 0.934. The van der Waals surface area contributed by atoms with Gasteiger partial charge in [0.1, 0.15) is 11.6 Å². The topological polar surface area (TPSA) is 117 Å². The van der Waals surface area contributed by atoms with Crippen molar-refractivity contribution in [2.24, 2.45) is 0 Å². The van der Waals surface area contributed by atoms with Crippen molar-refractivity contribution in [2.75, 3.05) is 38.5 Å². The van der Waals surface area contributed by atoms with Crippen molar-refractivity contribution in [1.29, 1.82) is 0 Å². The van der Waals surface area contributed by atoms with Gasteiger partial charge in [0.2, 0.25) is 5.91 Å². The first-order valence-corrected chi connectivity index (χ1v) is 15.8. The summed E-state index contributed by atoms with van der Waals surface area (Å²) >= 11 is 0. The highest BCUT2D eigenvalue weighted by atomic mass is 19.4. The van der Waals surface area contributed by atoms with Crippen LogP contribution in [-0.4, -0.2) is 76.8 Å². The Morgan fingerprint density at radius 3 is 2.38 bits per heavy atom. The summed E-state index contributed by atoms with van der Waals surface area (Å²) in [7, 11) is 1.46. The number of carbonyl (C=O) groups excluding carboxylic acids is 3. The lowest BCUT2D eigenvalue weighted by Gasteiger charge is -2.40. The molecule has 2 atom stereocenters. The van der Waals surface area contributed by atoms with Crippen LogP contribution in [0.3, 0.4) is 0 Å². The Hall–Kier alpha value is -4.78. The van der Waals surface area contributed by atoms with E-state index in [1.165, 1.54) is 26.1 Å². The van der Waals surface area contributed by atoms with Crippen LogP contribution in [0.4, 0.5) is 19.0 Å². The van der Waals surface area contributed by atoms with E-state index in [1.807, 2.05) is 19.2 Å². The van der Waals surface area contributed by atoms with Crippen LogP contribution in [0, 0.1) is 13.8 Å². The number of anilines is 1. The zero-order chi connectivity index (χ0) is 34.7. The third-order valence-electron chi connectivity index (χ3n) is 8.73. The van der Waals surface area contributed by atoms with Crippen molar-refractivity contribution in [3.8, 4) is 5.75 Å². The number of halogens is 3. The van der Waals surface area contributed by atoms with E-state index in [-0.39, 0.29) is 40.2 Å². The molecule has 0 unspecified atom stereocenters. The van der Waals surface area contributed by atoms with Gasteiger partial charge in [0.15, 0.2) is 6.10 Å². The lowest BCUT2D eigenvalue weighted by Crippen LogP contribution is -2.54. The molecule has 1 aromatic carbocycles. The SMILES string of the molecule is C=CC(=O)N1CCN(C[C@H](Oc2cc(C)c(C(=O)Nc3ncc(C(F)(F)F)cc3C)cc2C(=O)NC)c2ccc(C3CC3)cn2)C[C@H]1C. The first-order valence-electron chi connectivity index (χ1n) is 15.8. The van der Waals surface area contributed by atoms with Crippen LogP contribution in [0.5, 0.6) is 5.75 Å². The Labute approximate surface area is 277 Å². The minimum Gasteiger partial charge on any atom is -0.482 e. The fourth-order valence-electron chi connectivity index (χ4n) is 5.86. The van der Waals surface area contributed by atoms with Crippen LogP contribution >= 0.6 is 0 Å². The molecule has 0 spiro atoms. The molecule has 2 aromatic heterocycles. The number of amides is 3. The summed E-state index contributed by atoms with van der Waals surface area (Å²) in [5.74, 6) is -0.535. The molecule has 48 heavy (non-hydrogen) atoms. The summed E-state index contributed by atoms with van der Waals surface area (Å²) < 4.78 is 46.0. The molecular weight excluding hydrogens is 625 g/mol. The van der Waals surface area contributed by atoms with Gasteiger partial charge in [0, 0.05) is 57.2 Å². The number of rotatable bonds is 10. The van der Waals surface area contributed by atoms with Crippen LogP contribution in [0.1, 0.15) is 80.5 Å². The van der Waals surface area contributed by atoms with Gasteiger partial charge >= 0.3 is 6.18 Å². The number of benzene rings is 1. The molecule has 0 bridgehead atoms. The molecule has 3 amide bonds. The Morgan fingerprint density at radius 2 is 1.79 bits per heavy atom. The molecule has 1 aliphatic heterocycles. The van der Waals surface area contributed by atoms with Gasteiger partial charge in [-0.3, -0.25) is 24.3 Å². The summed E-state index contributed by atoms with van der Waals surface area (Å²) in [6, 6.07) is 7.84. The zero-order valence-corrected chi connectivity index (χ0v) is 27.4. The Balaban J connectivity index is 1.43. The van der Waals surface area contributed by atoms with Gasteiger partial charge in [-0.05, 0) is 86.6 Å². The average molecular weight is 665 g/mol. The lowest BCUT2D eigenvalue weighted by molar-refractivity contribution is -0.137. The number of aryl methyl sites for hydroxylation is 2. The molecule has 13 heteroatoms. The zero-order valence-electron chi connectivity index (χ0n) is 27.4. The molecule has 1 saturated carbocycles. The van der Waals surface area contributed by atoms with E-state index in [9.17, 15) is 27.6 Å². The molecule has 1 aliphatic carbocycles. The molecule has 10 nitrogen and oxygen atoms in total. The molecule has 3 heterocycles.